The summed E-state index contributed by atoms with van der Waals surface area (Å²) in [5.41, 5.74) is 2.61. The molecule has 1 atom stereocenters. The quantitative estimate of drug-likeness (QED) is 0.579. The normalized spacial score (nSPS) is 11.9. The number of amides is 2. The molecule has 2 aromatic carbocycles. The molecule has 2 N–H and O–H groups in total. The molecule has 0 aliphatic heterocycles. The van der Waals surface area contributed by atoms with Gasteiger partial charge in [0.15, 0.2) is 0 Å². The van der Waals surface area contributed by atoms with Gasteiger partial charge in [0.25, 0.3) is 5.91 Å². The van der Waals surface area contributed by atoms with E-state index in [4.69, 9.17) is 11.6 Å². The number of nitrogens with one attached hydrogen (secondary N) is 2. The molecule has 3 aromatic rings. The Labute approximate surface area is 181 Å². The lowest BCUT2D eigenvalue weighted by atomic mass is 10.0. The largest absolute Gasteiger partial charge is 0.350 e. The molecule has 0 spiro atoms. The van der Waals surface area contributed by atoms with E-state index in [0.29, 0.717) is 17.1 Å². The molecule has 0 bridgehead atoms. The number of hydrogen-bond donors (Lipinski definition) is 2. The van der Waals surface area contributed by atoms with Crippen LogP contribution in [0, 0.1) is 5.92 Å². The molecule has 0 fully saturated rings. The number of rotatable bonds is 8. The van der Waals surface area contributed by atoms with E-state index in [0.717, 1.165) is 17.7 Å². The van der Waals surface area contributed by atoms with Crippen molar-refractivity contribution in [3.8, 4) is 0 Å². The highest BCUT2D eigenvalue weighted by Crippen LogP contribution is 2.11. The molecule has 156 valence electrons. The second-order valence-corrected chi connectivity index (χ2v) is 7.91. The van der Waals surface area contributed by atoms with Gasteiger partial charge >= 0.3 is 0 Å². The van der Waals surface area contributed by atoms with E-state index in [9.17, 15) is 9.59 Å². The van der Waals surface area contributed by atoms with Crippen LogP contribution in [0.2, 0.25) is 5.02 Å². The van der Waals surface area contributed by atoms with Gasteiger partial charge in [-0.3, -0.25) is 9.59 Å². The summed E-state index contributed by atoms with van der Waals surface area (Å²) in [6, 6.07) is 14.0. The molecule has 7 heteroatoms. The van der Waals surface area contributed by atoms with Crippen LogP contribution >= 0.6 is 11.6 Å². The average Bonchev–Trinajstić information content (AvgIpc) is 3.24. The fourth-order valence-corrected chi connectivity index (χ4v) is 3.14. The summed E-state index contributed by atoms with van der Waals surface area (Å²) in [5.74, 6) is -0.571. The summed E-state index contributed by atoms with van der Waals surface area (Å²) >= 11 is 5.87. The van der Waals surface area contributed by atoms with Gasteiger partial charge in [-0.2, -0.15) is 0 Å². The first-order valence-corrected chi connectivity index (χ1v) is 10.2. The Morgan fingerprint density at radius 3 is 2.30 bits per heavy atom. The maximum atomic E-state index is 12.7. The average molecular weight is 425 g/mol. The number of hydrogen-bond acceptors (Lipinski definition) is 3. The Hall–Kier alpha value is -3.12. The van der Waals surface area contributed by atoms with Crippen LogP contribution in [0.1, 0.15) is 35.3 Å². The van der Waals surface area contributed by atoms with Gasteiger partial charge < -0.3 is 15.2 Å². The standard InChI is InChI=1S/C23H25ClN4O2/c1-16(2)21(27-22(29)19-7-9-20(24)10-8-19)23(30)26-13-17-3-5-18(6-4-17)14-28-12-11-25-15-28/h3-12,15-16,21H,13-14H2,1-2H3,(H,26,30)(H,27,29)/t21-/m0/s1. The lowest BCUT2D eigenvalue weighted by Gasteiger charge is -2.22. The van der Waals surface area contributed by atoms with Gasteiger partial charge in [0.05, 0.1) is 6.33 Å². The summed E-state index contributed by atoms with van der Waals surface area (Å²) in [6.07, 6.45) is 5.44. The van der Waals surface area contributed by atoms with E-state index >= 15 is 0 Å². The molecule has 0 radical (unpaired) electrons. The third kappa shape index (κ3) is 5.94. The van der Waals surface area contributed by atoms with E-state index in [1.165, 1.54) is 0 Å². The van der Waals surface area contributed by atoms with Crippen LogP contribution in [0.5, 0.6) is 0 Å². The van der Waals surface area contributed by atoms with Crippen molar-refractivity contribution < 1.29 is 9.59 Å². The smallest absolute Gasteiger partial charge is 0.251 e. The molecule has 6 nitrogen and oxygen atoms in total. The van der Waals surface area contributed by atoms with Crippen LogP contribution in [0.15, 0.2) is 67.3 Å². The molecular weight excluding hydrogens is 400 g/mol. The predicted molar refractivity (Wildman–Crippen MR) is 117 cm³/mol. The molecule has 0 saturated heterocycles. The number of aromatic nitrogens is 2. The van der Waals surface area contributed by atoms with Crippen LogP contribution in [-0.2, 0) is 17.9 Å². The van der Waals surface area contributed by atoms with Crippen molar-refractivity contribution in [1.82, 2.24) is 20.2 Å². The Balaban J connectivity index is 1.55. The third-order valence-corrected chi connectivity index (χ3v) is 5.01. The van der Waals surface area contributed by atoms with Crippen LogP contribution in [0.25, 0.3) is 0 Å². The SMILES string of the molecule is CC(C)[C@H](NC(=O)c1ccc(Cl)cc1)C(=O)NCc1ccc(Cn2ccnc2)cc1. The van der Waals surface area contributed by atoms with E-state index in [2.05, 4.69) is 15.6 Å². The van der Waals surface area contributed by atoms with Crippen LogP contribution in [0.4, 0.5) is 0 Å². The van der Waals surface area contributed by atoms with Gasteiger partial charge in [-0.1, -0.05) is 49.7 Å². The van der Waals surface area contributed by atoms with Gasteiger partial charge in [-0.05, 0) is 41.3 Å². The molecule has 3 rings (SSSR count). The number of halogens is 1. The summed E-state index contributed by atoms with van der Waals surface area (Å²) in [4.78, 5) is 29.2. The van der Waals surface area contributed by atoms with Crippen molar-refractivity contribution >= 4 is 23.4 Å². The zero-order valence-electron chi connectivity index (χ0n) is 17.0. The molecule has 0 unspecified atom stereocenters. The Kier molecular flexibility index (Phi) is 7.25. The highest BCUT2D eigenvalue weighted by Gasteiger charge is 2.24. The highest BCUT2D eigenvalue weighted by atomic mass is 35.5. The third-order valence-electron chi connectivity index (χ3n) is 4.76. The van der Waals surface area contributed by atoms with Crippen LogP contribution in [0.3, 0.4) is 0 Å². The first kappa shape index (κ1) is 21.6. The van der Waals surface area contributed by atoms with Crippen LogP contribution < -0.4 is 10.6 Å². The molecule has 1 aromatic heterocycles. The Morgan fingerprint density at radius 1 is 1.03 bits per heavy atom. The van der Waals surface area contributed by atoms with Crippen molar-refractivity contribution in [2.75, 3.05) is 0 Å². The second-order valence-electron chi connectivity index (χ2n) is 7.47. The molecule has 0 aliphatic rings. The van der Waals surface area contributed by atoms with Gasteiger partial charge in [0.1, 0.15) is 6.04 Å². The zero-order valence-corrected chi connectivity index (χ0v) is 17.8. The summed E-state index contributed by atoms with van der Waals surface area (Å²) in [7, 11) is 0. The van der Waals surface area contributed by atoms with Crippen molar-refractivity contribution in [3.63, 3.8) is 0 Å². The summed E-state index contributed by atoms with van der Waals surface area (Å²) in [6.45, 7) is 4.94. The molecule has 0 aliphatic carbocycles. The number of nitrogens with zero attached hydrogens (tertiary/aromatic N) is 2. The first-order chi connectivity index (χ1) is 14.4. The summed E-state index contributed by atoms with van der Waals surface area (Å²) < 4.78 is 1.99. The maximum Gasteiger partial charge on any atom is 0.251 e. The van der Waals surface area contributed by atoms with Gasteiger partial charge in [0, 0.05) is 36.1 Å². The van der Waals surface area contributed by atoms with Gasteiger partial charge in [-0.25, -0.2) is 4.98 Å². The topological polar surface area (TPSA) is 76.0 Å². The monoisotopic (exact) mass is 424 g/mol. The predicted octanol–water partition coefficient (Wildman–Crippen LogP) is 3.66. The minimum atomic E-state index is -0.631. The molecular formula is C23H25ClN4O2. The van der Waals surface area contributed by atoms with E-state index < -0.39 is 6.04 Å². The van der Waals surface area contributed by atoms with Crippen molar-refractivity contribution in [1.29, 1.82) is 0 Å². The highest BCUT2D eigenvalue weighted by molar-refractivity contribution is 6.30. The summed E-state index contributed by atoms with van der Waals surface area (Å²) in [5, 5.41) is 6.30. The lowest BCUT2D eigenvalue weighted by molar-refractivity contribution is -0.124. The molecule has 1 heterocycles. The van der Waals surface area contributed by atoms with E-state index in [1.54, 1.807) is 36.8 Å². The maximum absolute atomic E-state index is 12.7. The molecule has 2 amide bonds. The minimum absolute atomic E-state index is 0.0567. The van der Waals surface area contributed by atoms with Gasteiger partial charge in [0.2, 0.25) is 5.91 Å². The molecule has 30 heavy (non-hydrogen) atoms. The number of benzene rings is 2. The van der Waals surface area contributed by atoms with Gasteiger partial charge in [-0.15, -0.1) is 0 Å². The fraction of sp³-hybridized carbons (Fsp3) is 0.261. The Morgan fingerprint density at radius 2 is 1.70 bits per heavy atom. The zero-order chi connectivity index (χ0) is 21.5. The van der Waals surface area contributed by atoms with Crippen LogP contribution in [-0.4, -0.2) is 27.4 Å². The van der Waals surface area contributed by atoms with E-state index in [-0.39, 0.29) is 17.7 Å². The fourth-order valence-electron chi connectivity index (χ4n) is 3.01. The number of carbonyl (C=O) groups is 2. The van der Waals surface area contributed by atoms with Crippen molar-refractivity contribution in [2.45, 2.75) is 33.0 Å². The number of carbonyl (C=O) groups excluding carboxylic acids is 2. The Bertz CT molecular complexity index is 967. The number of imidazole rings is 1. The lowest BCUT2D eigenvalue weighted by Crippen LogP contribution is -2.49. The first-order valence-electron chi connectivity index (χ1n) is 9.80. The second kappa shape index (κ2) is 10.1. The van der Waals surface area contributed by atoms with Crippen molar-refractivity contribution in [3.05, 3.63) is 89.0 Å². The van der Waals surface area contributed by atoms with Crippen molar-refractivity contribution in [2.24, 2.45) is 5.92 Å². The van der Waals surface area contributed by atoms with E-state index in [1.807, 2.05) is 48.9 Å². The minimum Gasteiger partial charge on any atom is -0.350 e. The molecule has 0 saturated carbocycles.